The molecule has 5 heteroatoms. The molecule has 0 amide bonds. The highest BCUT2D eigenvalue weighted by molar-refractivity contribution is 5.19. The van der Waals surface area contributed by atoms with Gasteiger partial charge in [0.05, 0.1) is 13.2 Å². The number of rotatable bonds is 5. The predicted octanol–water partition coefficient (Wildman–Crippen LogP) is 1.78. The van der Waals surface area contributed by atoms with Crippen molar-refractivity contribution >= 4 is 0 Å². The standard InChI is InChI=1S/C14H20F2N2O/c1-2-17-8-12-10-19-7-6-18(12)9-11-4-3-5-13(15)14(11)16/h3-5,12,17H,2,6-10H2,1H3. The van der Waals surface area contributed by atoms with Crippen LogP contribution in [0.5, 0.6) is 0 Å². The van der Waals surface area contributed by atoms with Gasteiger partial charge in [0.15, 0.2) is 11.6 Å². The van der Waals surface area contributed by atoms with E-state index in [9.17, 15) is 8.78 Å². The van der Waals surface area contributed by atoms with Crippen LogP contribution in [0, 0.1) is 11.6 Å². The molecule has 1 aliphatic rings. The first-order valence-electron chi connectivity index (χ1n) is 6.67. The van der Waals surface area contributed by atoms with Crippen molar-refractivity contribution in [3.8, 4) is 0 Å². The van der Waals surface area contributed by atoms with E-state index in [-0.39, 0.29) is 6.04 Å². The van der Waals surface area contributed by atoms with E-state index in [4.69, 9.17) is 4.74 Å². The molecule has 1 heterocycles. The molecule has 0 saturated carbocycles. The van der Waals surface area contributed by atoms with E-state index in [0.717, 1.165) is 25.7 Å². The van der Waals surface area contributed by atoms with E-state index < -0.39 is 11.6 Å². The summed E-state index contributed by atoms with van der Waals surface area (Å²) in [6, 6.07) is 4.54. The lowest BCUT2D eigenvalue weighted by Crippen LogP contribution is -2.49. The average molecular weight is 270 g/mol. The highest BCUT2D eigenvalue weighted by Crippen LogP contribution is 2.16. The van der Waals surface area contributed by atoms with Gasteiger partial charge in [-0.15, -0.1) is 0 Å². The highest BCUT2D eigenvalue weighted by atomic mass is 19.2. The SMILES string of the molecule is CCNCC1COCCN1Cc1cccc(F)c1F. The van der Waals surface area contributed by atoms with Crippen LogP contribution in [0.25, 0.3) is 0 Å². The number of benzene rings is 1. The van der Waals surface area contributed by atoms with Gasteiger partial charge in [0.1, 0.15) is 0 Å². The minimum atomic E-state index is -0.783. The van der Waals surface area contributed by atoms with Gasteiger partial charge in [-0.3, -0.25) is 4.90 Å². The molecule has 19 heavy (non-hydrogen) atoms. The Morgan fingerprint density at radius 1 is 1.42 bits per heavy atom. The Labute approximate surface area is 112 Å². The van der Waals surface area contributed by atoms with Crippen LogP contribution < -0.4 is 5.32 Å². The van der Waals surface area contributed by atoms with Crippen LogP contribution in [0.1, 0.15) is 12.5 Å². The van der Waals surface area contributed by atoms with Gasteiger partial charge in [0, 0.05) is 31.2 Å². The van der Waals surface area contributed by atoms with Crippen LogP contribution >= 0.6 is 0 Å². The van der Waals surface area contributed by atoms with E-state index in [0.29, 0.717) is 25.3 Å². The first-order valence-corrected chi connectivity index (χ1v) is 6.67. The summed E-state index contributed by atoms with van der Waals surface area (Å²) in [5.74, 6) is -1.52. The molecule has 0 aliphatic carbocycles. The van der Waals surface area contributed by atoms with Crippen LogP contribution in [0.3, 0.4) is 0 Å². The van der Waals surface area contributed by atoms with Crippen molar-refractivity contribution < 1.29 is 13.5 Å². The Bertz CT molecular complexity index is 414. The Morgan fingerprint density at radius 2 is 2.26 bits per heavy atom. The molecule has 1 aromatic carbocycles. The quantitative estimate of drug-likeness (QED) is 0.882. The first kappa shape index (κ1) is 14.4. The fraction of sp³-hybridized carbons (Fsp3) is 0.571. The minimum absolute atomic E-state index is 0.205. The van der Waals surface area contributed by atoms with Crippen molar-refractivity contribution in [2.45, 2.75) is 19.5 Å². The summed E-state index contributed by atoms with van der Waals surface area (Å²) >= 11 is 0. The molecule has 1 saturated heterocycles. The van der Waals surface area contributed by atoms with Crippen molar-refractivity contribution in [1.29, 1.82) is 0 Å². The lowest BCUT2D eigenvalue weighted by Gasteiger charge is -2.35. The summed E-state index contributed by atoms with van der Waals surface area (Å²) in [7, 11) is 0. The van der Waals surface area contributed by atoms with Gasteiger partial charge in [0.2, 0.25) is 0 Å². The molecule has 1 N–H and O–H groups in total. The number of hydrogen-bond donors (Lipinski definition) is 1. The van der Waals surface area contributed by atoms with Crippen molar-refractivity contribution in [2.24, 2.45) is 0 Å². The first-order chi connectivity index (χ1) is 9.22. The fourth-order valence-corrected chi connectivity index (χ4v) is 2.29. The van der Waals surface area contributed by atoms with Crippen LogP contribution in [0.15, 0.2) is 18.2 Å². The Kier molecular flexibility index (Phi) is 5.24. The molecular weight excluding hydrogens is 250 g/mol. The molecule has 0 aromatic heterocycles. The van der Waals surface area contributed by atoms with Crippen molar-refractivity contribution in [2.75, 3.05) is 32.8 Å². The van der Waals surface area contributed by atoms with Gasteiger partial charge in [-0.1, -0.05) is 19.1 Å². The third kappa shape index (κ3) is 3.72. The molecule has 1 aliphatic heterocycles. The second kappa shape index (κ2) is 6.93. The van der Waals surface area contributed by atoms with Gasteiger partial charge in [0.25, 0.3) is 0 Å². The number of halogens is 2. The predicted molar refractivity (Wildman–Crippen MR) is 69.9 cm³/mol. The summed E-state index contributed by atoms with van der Waals surface area (Å²) in [5.41, 5.74) is 0.406. The number of morpholine rings is 1. The number of likely N-dealkylation sites (N-methyl/N-ethyl adjacent to an activating group) is 1. The lowest BCUT2D eigenvalue weighted by molar-refractivity contribution is -0.0112. The van der Waals surface area contributed by atoms with Crippen molar-refractivity contribution in [1.82, 2.24) is 10.2 Å². The maximum atomic E-state index is 13.7. The number of nitrogens with one attached hydrogen (secondary N) is 1. The number of hydrogen-bond acceptors (Lipinski definition) is 3. The molecule has 106 valence electrons. The molecule has 0 radical (unpaired) electrons. The normalized spacial score (nSPS) is 20.7. The van der Waals surface area contributed by atoms with Crippen molar-refractivity contribution in [3.63, 3.8) is 0 Å². The maximum Gasteiger partial charge on any atom is 0.163 e. The Morgan fingerprint density at radius 3 is 3.05 bits per heavy atom. The summed E-state index contributed by atoms with van der Waals surface area (Å²) < 4.78 is 32.3. The van der Waals surface area contributed by atoms with Gasteiger partial charge >= 0.3 is 0 Å². The van der Waals surface area contributed by atoms with Crippen molar-refractivity contribution in [3.05, 3.63) is 35.4 Å². The van der Waals surface area contributed by atoms with Gasteiger partial charge in [-0.25, -0.2) is 8.78 Å². The van der Waals surface area contributed by atoms with E-state index >= 15 is 0 Å². The Hall–Kier alpha value is -1.04. The van der Waals surface area contributed by atoms with E-state index in [1.807, 2.05) is 6.92 Å². The smallest absolute Gasteiger partial charge is 0.163 e. The van der Waals surface area contributed by atoms with Crippen LogP contribution in [-0.4, -0.2) is 43.8 Å². The molecular formula is C14H20F2N2O. The second-order valence-corrected chi connectivity index (χ2v) is 4.72. The fourth-order valence-electron chi connectivity index (χ4n) is 2.29. The summed E-state index contributed by atoms with van der Waals surface area (Å²) in [6.07, 6.45) is 0. The Balaban J connectivity index is 2.04. The summed E-state index contributed by atoms with van der Waals surface area (Å²) in [6.45, 7) is 6.16. The molecule has 0 spiro atoms. The summed E-state index contributed by atoms with van der Waals surface area (Å²) in [4.78, 5) is 2.14. The average Bonchev–Trinajstić information content (AvgIpc) is 2.43. The molecule has 1 atom stereocenters. The van der Waals surface area contributed by atoms with E-state index in [1.165, 1.54) is 0 Å². The third-order valence-corrected chi connectivity index (χ3v) is 3.38. The molecule has 2 rings (SSSR count). The van der Waals surface area contributed by atoms with Gasteiger partial charge in [-0.2, -0.15) is 0 Å². The van der Waals surface area contributed by atoms with Crippen LogP contribution in [0.2, 0.25) is 0 Å². The number of ether oxygens (including phenoxy) is 1. The van der Waals surface area contributed by atoms with E-state index in [2.05, 4.69) is 10.2 Å². The third-order valence-electron chi connectivity index (χ3n) is 3.38. The molecule has 3 nitrogen and oxygen atoms in total. The lowest BCUT2D eigenvalue weighted by atomic mass is 10.1. The zero-order valence-electron chi connectivity index (χ0n) is 11.2. The zero-order valence-corrected chi connectivity index (χ0v) is 11.2. The maximum absolute atomic E-state index is 13.7. The van der Waals surface area contributed by atoms with Crippen LogP contribution in [-0.2, 0) is 11.3 Å². The number of nitrogens with zero attached hydrogens (tertiary/aromatic N) is 1. The molecule has 1 aromatic rings. The molecule has 1 fully saturated rings. The highest BCUT2D eigenvalue weighted by Gasteiger charge is 2.23. The van der Waals surface area contributed by atoms with E-state index in [1.54, 1.807) is 12.1 Å². The molecule has 1 unspecified atom stereocenters. The van der Waals surface area contributed by atoms with Gasteiger partial charge < -0.3 is 10.1 Å². The largest absolute Gasteiger partial charge is 0.378 e. The zero-order chi connectivity index (χ0) is 13.7. The minimum Gasteiger partial charge on any atom is -0.378 e. The van der Waals surface area contributed by atoms with Crippen LogP contribution in [0.4, 0.5) is 8.78 Å². The topological polar surface area (TPSA) is 24.5 Å². The monoisotopic (exact) mass is 270 g/mol. The second-order valence-electron chi connectivity index (χ2n) is 4.72. The molecule has 0 bridgehead atoms. The summed E-state index contributed by atoms with van der Waals surface area (Å²) in [5, 5.41) is 3.27. The van der Waals surface area contributed by atoms with Gasteiger partial charge in [-0.05, 0) is 12.6 Å².